The first-order chi connectivity index (χ1) is 19.5. The third-order valence-electron chi connectivity index (χ3n) is 12.7. The van der Waals surface area contributed by atoms with Gasteiger partial charge in [0.1, 0.15) is 35.3 Å². The number of ketones is 2. The second-order valence-corrected chi connectivity index (χ2v) is 14.6. The third-order valence-corrected chi connectivity index (χ3v) is 12.7. The van der Waals surface area contributed by atoms with Gasteiger partial charge >= 0.3 is 11.9 Å². The molecule has 0 aromatic heterocycles. The summed E-state index contributed by atoms with van der Waals surface area (Å²) in [5, 5.41) is 46.8. The number of fused-ring (bicyclic) bond motifs is 2. The Morgan fingerprint density at radius 2 is 1.74 bits per heavy atom. The number of aliphatic hydroxyl groups is 4. The zero-order valence-electron chi connectivity index (χ0n) is 23.8. The van der Waals surface area contributed by atoms with Crippen LogP contribution in [0.4, 0.5) is 0 Å². The van der Waals surface area contributed by atoms with Crippen LogP contribution in [0, 0.1) is 29.1 Å². The molecule has 0 amide bonds. The van der Waals surface area contributed by atoms with Crippen molar-refractivity contribution >= 4 is 23.5 Å². The summed E-state index contributed by atoms with van der Waals surface area (Å²) in [5.74, 6) is -8.87. The van der Waals surface area contributed by atoms with Crippen molar-refractivity contribution in [3.63, 3.8) is 0 Å². The first-order valence-electron chi connectivity index (χ1n) is 14.8. The predicted octanol–water partition coefficient (Wildman–Crippen LogP) is -1.32. The van der Waals surface area contributed by atoms with E-state index in [9.17, 15) is 39.6 Å². The number of hydrogen-bond acceptors (Lipinski definition) is 13. The lowest BCUT2D eigenvalue weighted by atomic mass is 9.58. The van der Waals surface area contributed by atoms with Crippen LogP contribution in [0.15, 0.2) is 0 Å². The number of hydrogen-bond donors (Lipinski definition) is 4. The van der Waals surface area contributed by atoms with Gasteiger partial charge in [0.15, 0.2) is 17.5 Å². The molecule has 6 heterocycles. The van der Waals surface area contributed by atoms with E-state index < -0.39 is 117 Å². The first kappa shape index (κ1) is 27.5. The van der Waals surface area contributed by atoms with Crippen molar-refractivity contribution in [3.05, 3.63) is 0 Å². The van der Waals surface area contributed by atoms with Crippen LogP contribution in [0.25, 0.3) is 0 Å². The van der Waals surface area contributed by atoms with E-state index in [2.05, 4.69) is 0 Å². The topological polar surface area (TPSA) is 195 Å². The molecule has 0 aromatic rings. The molecule has 8 rings (SSSR count). The van der Waals surface area contributed by atoms with Crippen molar-refractivity contribution in [3.8, 4) is 0 Å². The van der Waals surface area contributed by atoms with Crippen molar-refractivity contribution in [1.82, 2.24) is 0 Å². The highest BCUT2D eigenvalue weighted by molar-refractivity contribution is 6.14. The Kier molecular flexibility index (Phi) is 4.88. The van der Waals surface area contributed by atoms with Crippen LogP contribution in [0.5, 0.6) is 0 Å². The molecule has 8 fully saturated rings. The van der Waals surface area contributed by atoms with E-state index >= 15 is 0 Å². The Morgan fingerprint density at radius 1 is 1.02 bits per heavy atom. The molecule has 230 valence electrons. The molecule has 13 nitrogen and oxygen atoms in total. The van der Waals surface area contributed by atoms with Crippen molar-refractivity contribution in [2.75, 3.05) is 6.61 Å². The molecule has 2 saturated carbocycles. The van der Waals surface area contributed by atoms with Gasteiger partial charge in [0.25, 0.3) is 0 Å². The lowest BCUT2D eigenvalue weighted by Gasteiger charge is -2.56. The van der Waals surface area contributed by atoms with Gasteiger partial charge in [0, 0.05) is 24.7 Å². The van der Waals surface area contributed by atoms with E-state index in [0.717, 1.165) is 6.92 Å². The molecule has 42 heavy (non-hydrogen) atoms. The number of esters is 2. The Labute approximate surface area is 240 Å². The van der Waals surface area contributed by atoms with Gasteiger partial charge in [-0.3, -0.25) is 19.2 Å². The van der Waals surface area contributed by atoms with Gasteiger partial charge in [-0.05, 0) is 40.5 Å². The van der Waals surface area contributed by atoms with Crippen molar-refractivity contribution in [2.45, 2.75) is 118 Å². The Morgan fingerprint density at radius 3 is 2.43 bits per heavy atom. The minimum Gasteiger partial charge on any atom is -0.456 e. The van der Waals surface area contributed by atoms with Crippen molar-refractivity contribution in [2.24, 2.45) is 29.1 Å². The average Bonchev–Trinajstić information content (AvgIpc) is 3.49. The van der Waals surface area contributed by atoms with E-state index in [1.807, 2.05) is 0 Å². The molecular formula is C29H36O13. The maximum Gasteiger partial charge on any atom is 0.311 e. The number of aliphatic hydroxyl groups excluding tert-OH is 2. The fourth-order valence-electron chi connectivity index (χ4n) is 10.9. The molecule has 2 bridgehead atoms. The van der Waals surface area contributed by atoms with E-state index in [1.54, 1.807) is 6.92 Å². The summed E-state index contributed by atoms with van der Waals surface area (Å²) >= 11 is 0. The summed E-state index contributed by atoms with van der Waals surface area (Å²) in [6.07, 6.45) is -4.93. The fourth-order valence-corrected chi connectivity index (χ4v) is 10.9. The van der Waals surface area contributed by atoms with Gasteiger partial charge in [-0.15, -0.1) is 0 Å². The number of ether oxygens (including phenoxy) is 5. The summed E-state index contributed by atoms with van der Waals surface area (Å²) in [5.41, 5.74) is -11.1. The smallest absolute Gasteiger partial charge is 0.311 e. The molecule has 8 aliphatic rings. The Bertz CT molecular complexity index is 1360. The van der Waals surface area contributed by atoms with Gasteiger partial charge in [0.05, 0.1) is 41.5 Å². The lowest BCUT2D eigenvalue weighted by molar-refractivity contribution is -0.398. The lowest BCUT2D eigenvalue weighted by Crippen LogP contribution is -2.75. The van der Waals surface area contributed by atoms with E-state index in [0.29, 0.717) is 6.42 Å². The van der Waals surface area contributed by atoms with Crippen LogP contribution in [0.2, 0.25) is 0 Å². The third kappa shape index (κ3) is 2.54. The van der Waals surface area contributed by atoms with Crippen LogP contribution in [-0.4, -0.2) is 109 Å². The predicted molar refractivity (Wildman–Crippen MR) is 133 cm³/mol. The summed E-state index contributed by atoms with van der Waals surface area (Å²) in [6.45, 7) is 5.35. The zero-order chi connectivity index (χ0) is 30.2. The summed E-state index contributed by atoms with van der Waals surface area (Å²) in [4.78, 5) is 54.0. The number of Topliss-reactive ketones (excluding diaryl/α,β-unsaturated/α-hetero) is 2. The van der Waals surface area contributed by atoms with Crippen LogP contribution in [0.1, 0.15) is 59.8 Å². The number of carbonyl (C=O) groups excluding carboxylic acids is 4. The quantitative estimate of drug-likeness (QED) is 0.207. The highest BCUT2D eigenvalue weighted by Gasteiger charge is 2.91. The molecule has 0 radical (unpaired) electrons. The van der Waals surface area contributed by atoms with Crippen LogP contribution >= 0.6 is 0 Å². The monoisotopic (exact) mass is 592 g/mol. The van der Waals surface area contributed by atoms with Gasteiger partial charge in [-0.1, -0.05) is 0 Å². The van der Waals surface area contributed by atoms with Gasteiger partial charge in [-0.25, -0.2) is 0 Å². The highest BCUT2D eigenvalue weighted by atomic mass is 16.8. The van der Waals surface area contributed by atoms with E-state index in [4.69, 9.17) is 23.7 Å². The second kappa shape index (κ2) is 7.44. The largest absolute Gasteiger partial charge is 0.456 e. The average molecular weight is 593 g/mol. The molecule has 3 spiro atoms. The first-order valence-corrected chi connectivity index (χ1v) is 14.8. The number of rotatable bonds is 1. The summed E-state index contributed by atoms with van der Waals surface area (Å²) in [7, 11) is 0. The minimum atomic E-state index is -2.55. The number of carbonyl (C=O) groups is 4. The van der Waals surface area contributed by atoms with E-state index in [-0.39, 0.29) is 25.9 Å². The maximum absolute atomic E-state index is 14.4. The van der Waals surface area contributed by atoms with Gasteiger partial charge < -0.3 is 44.1 Å². The van der Waals surface area contributed by atoms with Crippen molar-refractivity contribution < 1.29 is 63.3 Å². The van der Waals surface area contributed by atoms with E-state index in [1.165, 1.54) is 13.8 Å². The molecule has 4 N–H and O–H groups in total. The Hall–Kier alpha value is -2.00. The van der Waals surface area contributed by atoms with Crippen LogP contribution < -0.4 is 0 Å². The second-order valence-electron chi connectivity index (χ2n) is 14.6. The molecule has 6 aliphatic heterocycles. The SMILES string of the molecule is CC1C(=O)OC2C1OC13OC4(CC(=O)C5(C)C(=O)C(C)(O)C2(O)C51)CC12OC(=O)CC1OC(C)(CO)C2CCC4C3O. The summed E-state index contributed by atoms with van der Waals surface area (Å²) in [6, 6.07) is 0. The minimum absolute atomic E-state index is 0.0624. The molecular weight excluding hydrogens is 556 g/mol. The standard InChI is InChI=1S/C29H36O13/c1-11-17-19(38-20(11)34)28(37)21-24(3,22(35)25(28,4)36)14(31)8-26-9-27-13(6-5-12(26)18(33)29(21,41-17)42-26)23(2,10-30)39-15(27)7-16(32)40-27/h11-13,15,17-19,21,30,33,36-37H,5-10H2,1-4H3. The van der Waals surface area contributed by atoms with Crippen molar-refractivity contribution in [1.29, 1.82) is 0 Å². The molecule has 6 saturated heterocycles. The maximum atomic E-state index is 14.4. The van der Waals surface area contributed by atoms with Crippen LogP contribution in [0.3, 0.4) is 0 Å². The molecule has 0 aromatic carbocycles. The molecule has 15 atom stereocenters. The molecule has 15 unspecified atom stereocenters. The summed E-state index contributed by atoms with van der Waals surface area (Å²) < 4.78 is 31.2. The normalized spacial score (nSPS) is 62.4. The fraction of sp³-hybridized carbons (Fsp3) is 0.862. The Balaban J connectivity index is 1.35. The zero-order valence-corrected chi connectivity index (χ0v) is 23.8. The van der Waals surface area contributed by atoms with Gasteiger partial charge in [-0.2, -0.15) is 0 Å². The van der Waals surface area contributed by atoms with Gasteiger partial charge in [0.2, 0.25) is 5.79 Å². The molecule has 2 aliphatic carbocycles. The highest BCUT2D eigenvalue weighted by Crippen LogP contribution is 2.73. The van der Waals surface area contributed by atoms with Crippen LogP contribution in [-0.2, 0) is 42.9 Å². The molecule has 13 heteroatoms.